The quantitative estimate of drug-likeness (QED) is 0.376. The summed E-state index contributed by atoms with van der Waals surface area (Å²) in [6.07, 6.45) is 15.9. The van der Waals surface area contributed by atoms with Crippen LogP contribution in [0.15, 0.2) is 0 Å². The Hall–Kier alpha value is 1.19. The molecule has 1 radical (unpaired) electrons. The summed E-state index contributed by atoms with van der Waals surface area (Å²) in [5.41, 5.74) is 0. The Morgan fingerprint density at radius 2 is 1.30 bits per heavy atom. The van der Waals surface area contributed by atoms with Gasteiger partial charge in [-0.2, -0.15) is 19.8 Å². The fourth-order valence-corrected chi connectivity index (χ4v) is 3.39. The summed E-state index contributed by atoms with van der Waals surface area (Å²) in [7, 11) is 0. The molecule has 0 spiro atoms. The van der Waals surface area contributed by atoms with Crippen LogP contribution in [-0.4, -0.2) is 41.6 Å². The number of rotatable bonds is 6. The maximum Gasteiger partial charge on any atom is 2.00 e. The summed E-state index contributed by atoms with van der Waals surface area (Å²) in [5.74, 6) is 0. The van der Waals surface area contributed by atoms with Crippen molar-refractivity contribution in [2.24, 2.45) is 0 Å². The SMILES string of the molecule is [CH2-]C.[CH2-]CN(C[CH2-])CN(C1[CH-]CCCC1)C1[CH-]CCCC1.[V].[W+2]. The molecule has 0 aromatic heterocycles. The number of hydrogen-bond acceptors (Lipinski definition) is 2. The van der Waals surface area contributed by atoms with E-state index in [-0.39, 0.29) is 39.6 Å². The number of hydrogen-bond donors (Lipinski definition) is 0. The molecule has 2 aliphatic rings. The molecule has 0 bridgehead atoms. The minimum absolute atomic E-state index is 0. The van der Waals surface area contributed by atoms with Crippen molar-refractivity contribution >= 4 is 0 Å². The van der Waals surface area contributed by atoms with Crippen LogP contribution < -0.4 is 0 Å². The standard InChI is InChI=1S/C17H30N2.C2H5.V.W/c1-3-18(4-2)15-19(16-11-7-5-8-12-16)17-13-9-6-10-14-17;1-2;;/h11,13,16-17H,1-10,12,14-15H2;1H2,2H3;;/q-4;-1;;+2. The third-order valence-electron chi connectivity index (χ3n) is 4.63. The first kappa shape index (κ1) is 26.4. The van der Waals surface area contributed by atoms with Gasteiger partial charge in [0, 0.05) is 25.2 Å². The van der Waals surface area contributed by atoms with Gasteiger partial charge in [-0.15, -0.1) is 25.2 Å². The Morgan fingerprint density at radius 3 is 1.61 bits per heavy atom. The molecule has 0 amide bonds. The van der Waals surface area contributed by atoms with Crippen molar-refractivity contribution in [2.45, 2.75) is 70.4 Å². The monoisotopic (exact) mass is 526 g/mol. The predicted molar refractivity (Wildman–Crippen MR) is 93.1 cm³/mol. The van der Waals surface area contributed by atoms with Crippen LogP contribution in [0.2, 0.25) is 0 Å². The van der Waals surface area contributed by atoms with Gasteiger partial charge in [-0.3, -0.25) is 0 Å². The van der Waals surface area contributed by atoms with Gasteiger partial charge in [0.2, 0.25) is 0 Å². The van der Waals surface area contributed by atoms with Crippen molar-refractivity contribution in [3.05, 3.63) is 33.6 Å². The fraction of sp³-hybridized carbons (Fsp3) is 0.737. The molecule has 2 saturated carbocycles. The first-order valence-electron chi connectivity index (χ1n) is 8.79. The predicted octanol–water partition coefficient (Wildman–Crippen LogP) is 4.35. The molecule has 23 heavy (non-hydrogen) atoms. The Labute approximate surface area is 172 Å². The van der Waals surface area contributed by atoms with Gasteiger partial charge >= 0.3 is 21.1 Å². The Kier molecular flexibility index (Phi) is 19.1. The van der Waals surface area contributed by atoms with Gasteiger partial charge in [0.05, 0.1) is 0 Å². The van der Waals surface area contributed by atoms with Crippen LogP contribution in [0.4, 0.5) is 0 Å². The molecule has 0 N–H and O–H groups in total. The zero-order valence-electron chi connectivity index (χ0n) is 15.0. The largest absolute Gasteiger partial charge is 2.00 e. The van der Waals surface area contributed by atoms with E-state index in [1.165, 1.54) is 51.4 Å². The Morgan fingerprint density at radius 1 is 0.870 bits per heavy atom. The van der Waals surface area contributed by atoms with E-state index in [1.807, 2.05) is 0 Å². The molecular weight excluding hydrogens is 491 g/mol. The van der Waals surface area contributed by atoms with Crippen LogP contribution >= 0.6 is 0 Å². The second-order valence-electron chi connectivity index (χ2n) is 5.95. The van der Waals surface area contributed by atoms with E-state index in [1.54, 1.807) is 6.92 Å². The van der Waals surface area contributed by atoms with Gasteiger partial charge < -0.3 is 43.4 Å². The van der Waals surface area contributed by atoms with Crippen LogP contribution in [0, 0.1) is 33.6 Å². The molecule has 0 aromatic carbocycles. The minimum Gasteiger partial charge on any atom is -0.351 e. The minimum atomic E-state index is 0. The summed E-state index contributed by atoms with van der Waals surface area (Å²) >= 11 is 0. The molecule has 0 heterocycles. The van der Waals surface area contributed by atoms with Gasteiger partial charge in [-0.1, -0.05) is 38.5 Å². The van der Waals surface area contributed by atoms with E-state index < -0.39 is 0 Å². The van der Waals surface area contributed by atoms with Crippen LogP contribution in [0.5, 0.6) is 0 Å². The van der Waals surface area contributed by atoms with Crippen molar-refractivity contribution in [1.82, 2.24) is 9.80 Å². The average Bonchev–Trinajstić information content (AvgIpc) is 2.59. The normalized spacial score (nSPS) is 24.3. The van der Waals surface area contributed by atoms with Gasteiger partial charge in [-0.25, -0.2) is 0 Å². The van der Waals surface area contributed by atoms with Gasteiger partial charge in [0.1, 0.15) is 0 Å². The van der Waals surface area contributed by atoms with E-state index in [2.05, 4.69) is 43.4 Å². The average molecular weight is 526 g/mol. The maximum absolute atomic E-state index is 4.04. The van der Waals surface area contributed by atoms with Crippen LogP contribution in [0.25, 0.3) is 0 Å². The molecule has 2 rings (SSSR count). The second kappa shape index (κ2) is 16.6. The van der Waals surface area contributed by atoms with E-state index in [0.29, 0.717) is 12.1 Å². The fourth-order valence-electron chi connectivity index (χ4n) is 3.39. The van der Waals surface area contributed by atoms with Crippen LogP contribution in [0.1, 0.15) is 58.3 Å². The summed E-state index contributed by atoms with van der Waals surface area (Å²) < 4.78 is 0. The topological polar surface area (TPSA) is 6.48 Å². The first-order valence-corrected chi connectivity index (χ1v) is 8.79. The molecule has 0 aliphatic heterocycles. The van der Waals surface area contributed by atoms with Crippen LogP contribution in [-0.2, 0) is 39.6 Å². The molecule has 135 valence electrons. The smallest absolute Gasteiger partial charge is 0.351 e. The molecule has 0 aromatic rings. The zero-order valence-corrected chi connectivity index (χ0v) is 19.3. The molecule has 2 fully saturated rings. The third-order valence-corrected chi connectivity index (χ3v) is 4.63. The molecular formula is C19H35N2VW-3. The second-order valence-corrected chi connectivity index (χ2v) is 5.95. The molecule has 4 heteroatoms. The Bertz CT molecular complexity index is 220. The maximum atomic E-state index is 4.04. The summed E-state index contributed by atoms with van der Waals surface area (Å²) in [6, 6.07) is 1.35. The summed E-state index contributed by atoms with van der Waals surface area (Å²) in [4.78, 5) is 5.07. The van der Waals surface area contributed by atoms with Crippen molar-refractivity contribution in [2.75, 3.05) is 19.8 Å². The number of nitrogens with zero attached hydrogens (tertiary/aromatic N) is 2. The molecule has 2 aliphatic carbocycles. The van der Waals surface area contributed by atoms with Crippen LogP contribution in [0.3, 0.4) is 0 Å². The molecule has 2 atom stereocenters. The van der Waals surface area contributed by atoms with E-state index in [9.17, 15) is 0 Å². The van der Waals surface area contributed by atoms with Gasteiger partial charge in [0.25, 0.3) is 0 Å². The summed E-state index contributed by atoms with van der Waals surface area (Å²) in [5, 5.41) is 0. The summed E-state index contributed by atoms with van der Waals surface area (Å²) in [6.45, 7) is 15.8. The first-order chi connectivity index (χ1) is 10.3. The third kappa shape index (κ3) is 9.45. The zero-order chi connectivity index (χ0) is 15.5. The van der Waals surface area contributed by atoms with Crippen molar-refractivity contribution < 1.29 is 39.6 Å². The molecule has 2 nitrogen and oxygen atoms in total. The van der Waals surface area contributed by atoms with Gasteiger partial charge in [-0.05, 0) is 0 Å². The van der Waals surface area contributed by atoms with E-state index in [0.717, 1.165) is 19.8 Å². The van der Waals surface area contributed by atoms with E-state index >= 15 is 0 Å². The molecule has 2 unspecified atom stereocenters. The van der Waals surface area contributed by atoms with Gasteiger partial charge in [0.15, 0.2) is 0 Å². The Balaban J connectivity index is 0. The molecule has 0 saturated heterocycles. The van der Waals surface area contributed by atoms with Crippen molar-refractivity contribution in [1.29, 1.82) is 0 Å². The van der Waals surface area contributed by atoms with Crippen molar-refractivity contribution in [3.8, 4) is 0 Å². The van der Waals surface area contributed by atoms with E-state index in [4.69, 9.17) is 0 Å². The van der Waals surface area contributed by atoms with Crippen molar-refractivity contribution in [3.63, 3.8) is 0 Å².